The quantitative estimate of drug-likeness (QED) is 0.646. The molecule has 5 nitrogen and oxygen atoms in total. The van der Waals surface area contributed by atoms with E-state index >= 15 is 0 Å². The molecule has 3 aromatic rings. The minimum Gasteiger partial charge on any atom is -0.497 e. The average molecular weight is 396 g/mol. The van der Waals surface area contributed by atoms with Crippen LogP contribution >= 0.6 is 11.6 Å². The second-order valence-corrected chi connectivity index (χ2v) is 7.66. The topological polar surface area (TPSA) is 56.1 Å². The number of methoxy groups -OCH3 is 1. The average Bonchev–Trinajstić information content (AvgIpc) is 3.04. The minimum absolute atomic E-state index is 0.121. The van der Waals surface area contributed by atoms with E-state index in [1.807, 2.05) is 54.1 Å². The molecule has 1 aromatic heterocycles. The zero-order valence-electron chi connectivity index (χ0n) is 16.1. The maximum absolute atomic E-state index is 12.9. The summed E-state index contributed by atoms with van der Waals surface area (Å²) in [6.45, 7) is 4.04. The normalized spacial score (nSPS) is 16.0. The van der Waals surface area contributed by atoms with Gasteiger partial charge in [-0.3, -0.25) is 4.79 Å². The number of hydrogen-bond donors (Lipinski definition) is 1. The SMILES string of the molecule is COc1ccc(-n2nc(Nc3cccc(Cl)c3C)c3c2C[C@H](C)CC3=O)cc1. The molecule has 0 saturated carbocycles. The molecule has 144 valence electrons. The molecule has 1 heterocycles. The van der Waals surface area contributed by atoms with Gasteiger partial charge in [-0.2, -0.15) is 0 Å². The molecule has 1 aliphatic carbocycles. The lowest BCUT2D eigenvalue weighted by Crippen LogP contribution is -2.19. The number of rotatable bonds is 4. The third kappa shape index (κ3) is 3.27. The number of carbonyl (C=O) groups is 1. The molecular formula is C22H22ClN3O2. The Hall–Kier alpha value is -2.79. The molecule has 28 heavy (non-hydrogen) atoms. The summed E-state index contributed by atoms with van der Waals surface area (Å²) >= 11 is 6.26. The molecule has 0 bridgehead atoms. The van der Waals surface area contributed by atoms with Crippen molar-refractivity contribution in [3.63, 3.8) is 0 Å². The van der Waals surface area contributed by atoms with E-state index in [9.17, 15) is 4.79 Å². The second kappa shape index (κ2) is 7.32. The fraction of sp³-hybridized carbons (Fsp3) is 0.273. The van der Waals surface area contributed by atoms with E-state index in [2.05, 4.69) is 12.2 Å². The van der Waals surface area contributed by atoms with Gasteiger partial charge in [0.1, 0.15) is 5.75 Å². The van der Waals surface area contributed by atoms with Gasteiger partial charge in [-0.15, -0.1) is 5.10 Å². The Kier molecular flexibility index (Phi) is 4.85. The number of halogens is 1. The van der Waals surface area contributed by atoms with Crippen molar-refractivity contribution in [2.24, 2.45) is 5.92 Å². The summed E-state index contributed by atoms with van der Waals surface area (Å²) in [6.07, 6.45) is 1.33. The predicted octanol–water partition coefficient (Wildman–Crippen LogP) is 5.35. The Balaban J connectivity index is 1.83. The standard InChI is InChI=1S/C22H22ClN3O2/c1-13-11-19-21(20(27)12-13)22(24-18-6-4-5-17(23)14(18)2)25-26(19)15-7-9-16(28-3)10-8-15/h4-10,13H,11-12H2,1-3H3,(H,24,25)/t13-/m0/s1. The van der Waals surface area contributed by atoms with Crippen LogP contribution in [0.2, 0.25) is 5.02 Å². The van der Waals surface area contributed by atoms with Crippen molar-refractivity contribution >= 4 is 28.9 Å². The number of aromatic nitrogens is 2. The van der Waals surface area contributed by atoms with E-state index in [-0.39, 0.29) is 11.7 Å². The fourth-order valence-corrected chi connectivity index (χ4v) is 3.82. The molecule has 0 spiro atoms. The number of Topliss-reactive ketones (excluding diaryl/α,β-unsaturated/α-hetero) is 1. The molecular weight excluding hydrogens is 374 g/mol. The van der Waals surface area contributed by atoms with E-state index in [0.29, 0.717) is 22.8 Å². The fourth-order valence-electron chi connectivity index (χ4n) is 3.65. The van der Waals surface area contributed by atoms with Crippen LogP contribution in [0, 0.1) is 12.8 Å². The zero-order valence-corrected chi connectivity index (χ0v) is 16.9. The van der Waals surface area contributed by atoms with E-state index < -0.39 is 0 Å². The van der Waals surface area contributed by atoms with Gasteiger partial charge in [0.05, 0.1) is 24.1 Å². The van der Waals surface area contributed by atoms with Gasteiger partial charge in [-0.1, -0.05) is 24.6 Å². The van der Waals surface area contributed by atoms with Gasteiger partial charge in [0.15, 0.2) is 11.6 Å². The summed E-state index contributed by atoms with van der Waals surface area (Å²) in [4.78, 5) is 12.9. The van der Waals surface area contributed by atoms with Gasteiger partial charge < -0.3 is 10.1 Å². The maximum Gasteiger partial charge on any atom is 0.168 e. The first kappa shape index (κ1) is 18.6. The third-order valence-electron chi connectivity index (χ3n) is 5.17. The van der Waals surface area contributed by atoms with Crippen molar-refractivity contribution in [1.82, 2.24) is 9.78 Å². The first-order valence-corrected chi connectivity index (χ1v) is 9.67. The molecule has 2 aromatic carbocycles. The summed E-state index contributed by atoms with van der Waals surface area (Å²) in [7, 11) is 1.64. The molecule has 1 N–H and O–H groups in total. The van der Waals surface area contributed by atoms with Crippen LogP contribution in [0.25, 0.3) is 5.69 Å². The van der Waals surface area contributed by atoms with Gasteiger partial charge in [0.25, 0.3) is 0 Å². The Bertz CT molecular complexity index is 1040. The molecule has 0 radical (unpaired) electrons. The van der Waals surface area contributed by atoms with Crippen LogP contribution in [-0.4, -0.2) is 22.7 Å². The van der Waals surface area contributed by atoms with Crippen molar-refractivity contribution in [3.8, 4) is 11.4 Å². The van der Waals surface area contributed by atoms with E-state index in [1.165, 1.54) is 0 Å². The van der Waals surface area contributed by atoms with E-state index in [0.717, 1.165) is 34.8 Å². The van der Waals surface area contributed by atoms with Gasteiger partial charge in [0, 0.05) is 17.1 Å². The van der Waals surface area contributed by atoms with E-state index in [4.69, 9.17) is 21.4 Å². The smallest absolute Gasteiger partial charge is 0.168 e. The number of ether oxygens (including phenoxy) is 1. The lowest BCUT2D eigenvalue weighted by Gasteiger charge is -2.19. The Labute approximate surface area is 169 Å². The van der Waals surface area contributed by atoms with Crippen molar-refractivity contribution < 1.29 is 9.53 Å². The zero-order chi connectivity index (χ0) is 19.8. The number of ketones is 1. The number of nitrogens with zero attached hydrogens (tertiary/aromatic N) is 2. The Morgan fingerprint density at radius 2 is 1.93 bits per heavy atom. The van der Waals surface area contributed by atoms with Gasteiger partial charge in [0.2, 0.25) is 0 Å². The number of hydrogen-bond acceptors (Lipinski definition) is 4. The molecule has 1 atom stereocenters. The molecule has 0 aliphatic heterocycles. The largest absolute Gasteiger partial charge is 0.497 e. The van der Waals surface area contributed by atoms with Crippen LogP contribution in [0.4, 0.5) is 11.5 Å². The highest BCUT2D eigenvalue weighted by Gasteiger charge is 2.31. The summed E-state index contributed by atoms with van der Waals surface area (Å²) in [5.74, 6) is 1.76. The monoisotopic (exact) mass is 395 g/mol. The van der Waals surface area contributed by atoms with Gasteiger partial charge in [-0.05, 0) is 61.2 Å². The van der Waals surface area contributed by atoms with Gasteiger partial charge in [-0.25, -0.2) is 4.68 Å². The lowest BCUT2D eigenvalue weighted by molar-refractivity contribution is 0.0953. The summed E-state index contributed by atoms with van der Waals surface area (Å²) in [5.41, 5.74) is 4.29. The highest BCUT2D eigenvalue weighted by molar-refractivity contribution is 6.31. The van der Waals surface area contributed by atoms with Crippen LogP contribution in [0.3, 0.4) is 0 Å². The summed E-state index contributed by atoms with van der Waals surface area (Å²) in [5, 5.41) is 8.78. The van der Waals surface area contributed by atoms with Crippen LogP contribution in [0.1, 0.15) is 35.0 Å². The molecule has 6 heteroatoms. The first-order valence-electron chi connectivity index (χ1n) is 9.29. The van der Waals surface area contributed by atoms with Crippen LogP contribution in [-0.2, 0) is 6.42 Å². The van der Waals surface area contributed by atoms with Crippen molar-refractivity contribution in [3.05, 3.63) is 64.3 Å². The van der Waals surface area contributed by atoms with Crippen LogP contribution in [0.5, 0.6) is 5.75 Å². The number of nitrogens with one attached hydrogen (secondary N) is 1. The number of fused-ring (bicyclic) bond motifs is 1. The van der Waals surface area contributed by atoms with Crippen molar-refractivity contribution in [2.75, 3.05) is 12.4 Å². The van der Waals surface area contributed by atoms with E-state index in [1.54, 1.807) is 7.11 Å². The maximum atomic E-state index is 12.9. The molecule has 0 unspecified atom stereocenters. The Morgan fingerprint density at radius 3 is 2.64 bits per heavy atom. The highest BCUT2D eigenvalue weighted by atomic mass is 35.5. The van der Waals surface area contributed by atoms with Gasteiger partial charge >= 0.3 is 0 Å². The molecule has 4 rings (SSSR count). The third-order valence-corrected chi connectivity index (χ3v) is 5.58. The number of carbonyl (C=O) groups excluding carboxylic acids is 1. The summed E-state index contributed by atoms with van der Waals surface area (Å²) < 4.78 is 7.12. The van der Waals surface area contributed by atoms with Crippen molar-refractivity contribution in [2.45, 2.75) is 26.7 Å². The molecule has 0 amide bonds. The number of anilines is 2. The van der Waals surface area contributed by atoms with Crippen LogP contribution in [0.15, 0.2) is 42.5 Å². The molecule has 0 saturated heterocycles. The van der Waals surface area contributed by atoms with Crippen LogP contribution < -0.4 is 10.1 Å². The lowest BCUT2D eigenvalue weighted by atomic mass is 9.87. The minimum atomic E-state index is 0.121. The summed E-state index contributed by atoms with van der Waals surface area (Å²) in [6, 6.07) is 13.4. The molecule has 0 fully saturated rings. The Morgan fingerprint density at radius 1 is 1.18 bits per heavy atom. The second-order valence-electron chi connectivity index (χ2n) is 7.25. The predicted molar refractivity (Wildman–Crippen MR) is 111 cm³/mol. The molecule has 1 aliphatic rings. The first-order chi connectivity index (χ1) is 13.5. The van der Waals surface area contributed by atoms with Crippen molar-refractivity contribution in [1.29, 1.82) is 0 Å². The number of benzene rings is 2. The highest BCUT2D eigenvalue weighted by Crippen LogP contribution is 2.35.